The third-order valence-corrected chi connectivity index (χ3v) is 3.57. The number of hydrogen-bond acceptors (Lipinski definition) is 4. The minimum absolute atomic E-state index is 0.0687. The molecule has 20 heavy (non-hydrogen) atoms. The monoisotopic (exact) mass is 273 g/mol. The third kappa shape index (κ3) is 2.34. The van der Waals surface area contributed by atoms with E-state index in [2.05, 4.69) is 42.1 Å². The van der Waals surface area contributed by atoms with Gasteiger partial charge in [0.05, 0.1) is 12.7 Å². The summed E-state index contributed by atoms with van der Waals surface area (Å²) in [6.07, 6.45) is 3.27. The van der Waals surface area contributed by atoms with Crippen LogP contribution in [0.15, 0.2) is 30.9 Å². The van der Waals surface area contributed by atoms with Crippen molar-refractivity contribution in [3.8, 4) is 0 Å². The molecule has 0 unspecified atom stereocenters. The van der Waals surface area contributed by atoms with Crippen molar-refractivity contribution in [3.63, 3.8) is 0 Å². The van der Waals surface area contributed by atoms with Crippen molar-refractivity contribution in [1.82, 2.24) is 14.8 Å². The van der Waals surface area contributed by atoms with Gasteiger partial charge in [0.15, 0.2) is 0 Å². The molecule has 0 spiro atoms. The van der Waals surface area contributed by atoms with E-state index in [0.717, 1.165) is 5.56 Å². The summed E-state index contributed by atoms with van der Waals surface area (Å²) < 4.78 is 13.9. The van der Waals surface area contributed by atoms with Crippen LogP contribution in [-0.4, -0.2) is 27.5 Å². The Hall–Kier alpha value is -1.72. The molecule has 1 aliphatic rings. The smallest absolute Gasteiger partial charge is 0.215 e. The van der Waals surface area contributed by atoms with Crippen LogP contribution in [0.4, 0.5) is 0 Å². The highest BCUT2D eigenvalue weighted by Crippen LogP contribution is 2.37. The minimum Gasteiger partial charge on any atom is -0.342 e. The molecule has 0 N–H and O–H groups in total. The van der Waals surface area contributed by atoms with Gasteiger partial charge in [0.1, 0.15) is 19.2 Å². The lowest BCUT2D eigenvalue weighted by molar-refractivity contribution is -0.187. The largest absolute Gasteiger partial charge is 0.342 e. The van der Waals surface area contributed by atoms with Crippen molar-refractivity contribution in [2.24, 2.45) is 0 Å². The van der Waals surface area contributed by atoms with Crippen molar-refractivity contribution >= 4 is 0 Å². The highest BCUT2D eigenvalue weighted by molar-refractivity contribution is 5.34. The average molecular weight is 273 g/mol. The van der Waals surface area contributed by atoms with Gasteiger partial charge in [-0.1, -0.05) is 23.8 Å². The summed E-state index contributed by atoms with van der Waals surface area (Å²) in [5.41, 5.74) is 3.45. The first kappa shape index (κ1) is 13.3. The highest BCUT2D eigenvalue weighted by atomic mass is 16.7. The third-order valence-electron chi connectivity index (χ3n) is 3.57. The van der Waals surface area contributed by atoms with E-state index in [-0.39, 0.29) is 6.10 Å². The van der Waals surface area contributed by atoms with Crippen molar-refractivity contribution < 1.29 is 9.47 Å². The Kier molecular flexibility index (Phi) is 3.31. The lowest BCUT2D eigenvalue weighted by Gasteiger charge is -2.29. The molecule has 1 aromatic heterocycles. The van der Waals surface area contributed by atoms with Crippen LogP contribution in [0.2, 0.25) is 0 Å². The maximum absolute atomic E-state index is 6.12. The first-order valence-electron chi connectivity index (χ1n) is 6.81. The molecule has 1 aliphatic heterocycles. The fraction of sp³-hybridized carbons (Fsp3) is 0.467. The number of ether oxygens (including phenoxy) is 2. The van der Waals surface area contributed by atoms with Crippen molar-refractivity contribution in [1.29, 1.82) is 0 Å². The standard InChI is InChI=1S/C15H19N3O2/c1-11-4-5-14(12(2)6-11)15(19-7-13(3)20-15)8-18-10-16-9-17-18/h4-6,9-10,13H,7-8H2,1-3H3/t13-,15-/m1/s1. The van der Waals surface area contributed by atoms with Crippen LogP contribution in [0.1, 0.15) is 23.6 Å². The lowest BCUT2D eigenvalue weighted by Crippen LogP contribution is -2.34. The van der Waals surface area contributed by atoms with Crippen molar-refractivity contribution in [3.05, 3.63) is 47.5 Å². The fourth-order valence-corrected chi connectivity index (χ4v) is 2.72. The highest BCUT2D eigenvalue weighted by Gasteiger charge is 2.43. The second-order valence-electron chi connectivity index (χ2n) is 5.40. The van der Waals surface area contributed by atoms with Gasteiger partial charge in [0, 0.05) is 5.56 Å². The summed E-state index contributed by atoms with van der Waals surface area (Å²) in [6.45, 7) is 7.27. The topological polar surface area (TPSA) is 49.2 Å². The van der Waals surface area contributed by atoms with Gasteiger partial charge in [-0.05, 0) is 26.3 Å². The van der Waals surface area contributed by atoms with Gasteiger partial charge in [-0.2, -0.15) is 5.10 Å². The second-order valence-corrected chi connectivity index (χ2v) is 5.40. The van der Waals surface area contributed by atoms with E-state index < -0.39 is 5.79 Å². The zero-order valence-electron chi connectivity index (χ0n) is 12.0. The Morgan fingerprint density at radius 3 is 2.85 bits per heavy atom. The summed E-state index contributed by atoms with van der Waals surface area (Å²) in [7, 11) is 0. The first-order chi connectivity index (χ1) is 9.59. The Bertz CT molecular complexity index is 597. The van der Waals surface area contributed by atoms with E-state index in [1.165, 1.54) is 17.5 Å². The number of hydrogen-bond donors (Lipinski definition) is 0. The summed E-state index contributed by atoms with van der Waals surface area (Å²) in [5.74, 6) is -0.773. The second kappa shape index (κ2) is 5.00. The van der Waals surface area contributed by atoms with E-state index in [0.29, 0.717) is 13.2 Å². The molecule has 2 aromatic rings. The molecule has 5 heteroatoms. The molecule has 1 aromatic carbocycles. The summed E-state index contributed by atoms with van der Waals surface area (Å²) >= 11 is 0. The molecule has 2 heterocycles. The molecule has 106 valence electrons. The lowest BCUT2D eigenvalue weighted by atomic mass is 9.98. The van der Waals surface area contributed by atoms with Gasteiger partial charge in [-0.15, -0.1) is 0 Å². The van der Waals surface area contributed by atoms with Crippen LogP contribution in [0.25, 0.3) is 0 Å². The van der Waals surface area contributed by atoms with E-state index in [9.17, 15) is 0 Å². The number of aryl methyl sites for hydroxylation is 2. The predicted molar refractivity (Wildman–Crippen MR) is 74.1 cm³/mol. The minimum atomic E-state index is -0.773. The fourth-order valence-electron chi connectivity index (χ4n) is 2.72. The Labute approximate surface area is 118 Å². The summed E-state index contributed by atoms with van der Waals surface area (Å²) in [4.78, 5) is 3.99. The number of nitrogens with zero attached hydrogens (tertiary/aromatic N) is 3. The molecule has 0 bridgehead atoms. The Morgan fingerprint density at radius 2 is 2.25 bits per heavy atom. The molecule has 1 fully saturated rings. The van der Waals surface area contributed by atoms with Crippen LogP contribution < -0.4 is 0 Å². The Balaban J connectivity index is 2.01. The molecular weight excluding hydrogens is 254 g/mol. The number of rotatable bonds is 3. The van der Waals surface area contributed by atoms with Gasteiger partial charge in [0.25, 0.3) is 0 Å². The quantitative estimate of drug-likeness (QED) is 0.860. The zero-order valence-corrected chi connectivity index (χ0v) is 12.0. The summed E-state index contributed by atoms with van der Waals surface area (Å²) in [5, 5.41) is 4.17. The first-order valence-corrected chi connectivity index (χ1v) is 6.81. The SMILES string of the molecule is Cc1ccc([C@]2(Cn3cncn3)OC[C@@H](C)O2)c(C)c1. The normalized spacial score (nSPS) is 26.1. The maximum atomic E-state index is 6.12. The van der Waals surface area contributed by atoms with Gasteiger partial charge < -0.3 is 9.47 Å². The van der Waals surface area contributed by atoms with Gasteiger partial charge in [0.2, 0.25) is 5.79 Å². The molecule has 0 saturated carbocycles. The molecule has 0 amide bonds. The number of benzene rings is 1. The van der Waals surface area contributed by atoms with Gasteiger partial charge in [-0.3, -0.25) is 0 Å². The average Bonchev–Trinajstić information content (AvgIpc) is 3.00. The van der Waals surface area contributed by atoms with Crippen LogP contribution >= 0.6 is 0 Å². The zero-order chi connectivity index (χ0) is 14.2. The maximum Gasteiger partial charge on any atom is 0.215 e. The van der Waals surface area contributed by atoms with Crippen molar-refractivity contribution in [2.45, 2.75) is 39.2 Å². The van der Waals surface area contributed by atoms with E-state index in [1.54, 1.807) is 11.0 Å². The van der Waals surface area contributed by atoms with E-state index in [1.807, 2.05) is 6.92 Å². The summed E-state index contributed by atoms with van der Waals surface area (Å²) in [6, 6.07) is 6.31. The molecule has 1 saturated heterocycles. The van der Waals surface area contributed by atoms with Crippen LogP contribution in [0, 0.1) is 13.8 Å². The molecule has 0 radical (unpaired) electrons. The van der Waals surface area contributed by atoms with E-state index in [4.69, 9.17) is 9.47 Å². The molecule has 2 atom stereocenters. The predicted octanol–water partition coefficient (Wildman–Crippen LogP) is 2.18. The molecule has 3 rings (SSSR count). The molecule has 0 aliphatic carbocycles. The van der Waals surface area contributed by atoms with Gasteiger partial charge >= 0.3 is 0 Å². The van der Waals surface area contributed by atoms with Crippen LogP contribution in [-0.2, 0) is 21.8 Å². The van der Waals surface area contributed by atoms with Crippen molar-refractivity contribution in [2.75, 3.05) is 6.61 Å². The van der Waals surface area contributed by atoms with Gasteiger partial charge in [-0.25, -0.2) is 9.67 Å². The van der Waals surface area contributed by atoms with Crippen LogP contribution in [0.5, 0.6) is 0 Å². The molecular formula is C15H19N3O2. The van der Waals surface area contributed by atoms with E-state index >= 15 is 0 Å². The number of aromatic nitrogens is 3. The Morgan fingerprint density at radius 1 is 1.40 bits per heavy atom. The molecule has 5 nitrogen and oxygen atoms in total. The van der Waals surface area contributed by atoms with Crippen LogP contribution in [0.3, 0.4) is 0 Å².